The Morgan fingerprint density at radius 3 is 2.14 bits per heavy atom. The van der Waals surface area contributed by atoms with Gasteiger partial charge in [0.05, 0.1) is 10.6 Å². The molecule has 0 aliphatic rings. The topological polar surface area (TPSA) is 116 Å². The Kier molecular flexibility index (Phi) is 4.33. The van der Waals surface area contributed by atoms with Crippen LogP contribution in [-0.2, 0) is 0 Å². The van der Waals surface area contributed by atoms with E-state index >= 15 is 0 Å². The number of ether oxygens (including phenoxy) is 1. The van der Waals surface area contributed by atoms with Crippen molar-refractivity contribution in [2.75, 3.05) is 4.90 Å². The number of primary amides is 1. The van der Waals surface area contributed by atoms with Gasteiger partial charge in [-0.15, -0.1) is 0 Å². The second-order valence-electron chi connectivity index (χ2n) is 4.13. The molecule has 0 unspecified atom stereocenters. The van der Waals surface area contributed by atoms with Crippen molar-refractivity contribution in [3.05, 3.63) is 64.7 Å². The standard InChI is InChI=1S/C14H11N3O5/c15-13(18)16(10-4-2-1-3-5-10)14(19)22-12-8-6-11(7-9-12)17(20)21/h1-9H,(H2,15,18). The van der Waals surface area contributed by atoms with Crippen LogP contribution in [0.4, 0.5) is 21.0 Å². The first-order chi connectivity index (χ1) is 10.5. The molecule has 0 saturated heterocycles. The molecule has 0 saturated carbocycles. The summed E-state index contributed by atoms with van der Waals surface area (Å²) in [5, 5.41) is 10.5. The molecule has 8 heteroatoms. The van der Waals surface area contributed by atoms with Crippen LogP contribution in [0.25, 0.3) is 0 Å². The number of carbonyl (C=O) groups excluding carboxylic acids is 2. The van der Waals surface area contributed by atoms with Gasteiger partial charge in [-0.1, -0.05) is 18.2 Å². The van der Waals surface area contributed by atoms with Crippen LogP contribution in [0.1, 0.15) is 0 Å². The van der Waals surface area contributed by atoms with Gasteiger partial charge in [-0.05, 0) is 24.3 Å². The number of imide groups is 1. The first-order valence-corrected chi connectivity index (χ1v) is 6.10. The molecular formula is C14H11N3O5. The Morgan fingerprint density at radius 2 is 1.64 bits per heavy atom. The highest BCUT2D eigenvalue weighted by atomic mass is 16.6. The fourth-order valence-corrected chi connectivity index (χ4v) is 1.68. The van der Waals surface area contributed by atoms with Crippen LogP contribution in [0.15, 0.2) is 54.6 Å². The number of anilines is 1. The van der Waals surface area contributed by atoms with Gasteiger partial charge in [0.15, 0.2) is 0 Å². The molecule has 8 nitrogen and oxygen atoms in total. The average molecular weight is 301 g/mol. The molecule has 2 aromatic carbocycles. The summed E-state index contributed by atoms with van der Waals surface area (Å²) >= 11 is 0. The lowest BCUT2D eigenvalue weighted by molar-refractivity contribution is -0.384. The molecule has 22 heavy (non-hydrogen) atoms. The van der Waals surface area contributed by atoms with Crippen molar-refractivity contribution in [2.24, 2.45) is 5.73 Å². The maximum absolute atomic E-state index is 12.0. The highest BCUT2D eigenvalue weighted by molar-refractivity contribution is 6.11. The maximum atomic E-state index is 12.0. The first kappa shape index (κ1) is 15.0. The Bertz CT molecular complexity index is 700. The number of carbonyl (C=O) groups is 2. The normalized spacial score (nSPS) is 9.82. The molecule has 112 valence electrons. The van der Waals surface area contributed by atoms with Crippen LogP contribution in [0.5, 0.6) is 5.75 Å². The van der Waals surface area contributed by atoms with Crippen molar-refractivity contribution >= 4 is 23.5 Å². The quantitative estimate of drug-likeness (QED) is 0.691. The fraction of sp³-hybridized carbons (Fsp3) is 0. The second kappa shape index (κ2) is 6.35. The minimum Gasteiger partial charge on any atom is -0.410 e. The Balaban J connectivity index is 2.18. The number of nitro benzene ring substituents is 1. The lowest BCUT2D eigenvalue weighted by Gasteiger charge is -2.17. The van der Waals surface area contributed by atoms with E-state index in [9.17, 15) is 19.7 Å². The summed E-state index contributed by atoms with van der Waals surface area (Å²) in [4.78, 5) is 34.1. The minimum absolute atomic E-state index is 0.0535. The van der Waals surface area contributed by atoms with Gasteiger partial charge in [-0.25, -0.2) is 9.59 Å². The number of non-ortho nitro benzene ring substituents is 1. The molecule has 0 aliphatic heterocycles. The molecule has 3 amide bonds. The predicted molar refractivity (Wildman–Crippen MR) is 77.6 cm³/mol. The molecule has 0 heterocycles. The molecule has 2 rings (SSSR count). The van der Waals surface area contributed by atoms with Crippen LogP contribution < -0.4 is 15.4 Å². The van der Waals surface area contributed by atoms with Crippen LogP contribution in [-0.4, -0.2) is 17.0 Å². The summed E-state index contributed by atoms with van der Waals surface area (Å²) in [6.07, 6.45) is -1.01. The summed E-state index contributed by atoms with van der Waals surface area (Å²) in [5.74, 6) is 0.0535. The number of nitrogens with two attached hydrogens (primary N) is 1. The third-order valence-corrected chi connectivity index (χ3v) is 2.67. The van der Waals surface area contributed by atoms with Crippen molar-refractivity contribution in [2.45, 2.75) is 0 Å². The zero-order chi connectivity index (χ0) is 16.1. The third-order valence-electron chi connectivity index (χ3n) is 2.67. The van der Waals surface area contributed by atoms with Gasteiger partial charge >= 0.3 is 12.1 Å². The largest absolute Gasteiger partial charge is 0.428 e. The number of hydrogen-bond acceptors (Lipinski definition) is 5. The molecule has 0 radical (unpaired) electrons. The van der Waals surface area contributed by atoms with E-state index in [0.29, 0.717) is 4.90 Å². The van der Waals surface area contributed by atoms with Gasteiger partial charge in [-0.3, -0.25) is 10.1 Å². The Hall–Kier alpha value is -3.42. The minimum atomic E-state index is -1.01. The van der Waals surface area contributed by atoms with Crippen molar-refractivity contribution in [1.29, 1.82) is 0 Å². The van der Waals surface area contributed by atoms with Crippen molar-refractivity contribution < 1.29 is 19.2 Å². The summed E-state index contributed by atoms with van der Waals surface area (Å²) < 4.78 is 4.99. The molecular weight excluding hydrogens is 290 g/mol. The summed E-state index contributed by atoms with van der Waals surface area (Å²) in [5.41, 5.74) is 5.29. The summed E-state index contributed by atoms with van der Waals surface area (Å²) in [7, 11) is 0. The lowest BCUT2D eigenvalue weighted by Crippen LogP contribution is -2.42. The number of amides is 3. The number of benzene rings is 2. The monoisotopic (exact) mass is 301 g/mol. The fourth-order valence-electron chi connectivity index (χ4n) is 1.68. The molecule has 0 aliphatic carbocycles. The average Bonchev–Trinajstić information content (AvgIpc) is 2.48. The number of nitro groups is 1. The molecule has 0 bridgehead atoms. The van der Waals surface area contributed by atoms with Gasteiger partial charge in [0.25, 0.3) is 5.69 Å². The zero-order valence-electron chi connectivity index (χ0n) is 11.2. The van der Waals surface area contributed by atoms with E-state index in [-0.39, 0.29) is 17.1 Å². The van der Waals surface area contributed by atoms with Gasteiger partial charge < -0.3 is 10.5 Å². The van der Waals surface area contributed by atoms with Crippen molar-refractivity contribution in [1.82, 2.24) is 0 Å². The molecule has 0 atom stereocenters. The zero-order valence-corrected chi connectivity index (χ0v) is 11.2. The van der Waals surface area contributed by atoms with Gasteiger partial charge in [0, 0.05) is 12.1 Å². The van der Waals surface area contributed by atoms with E-state index in [2.05, 4.69) is 0 Å². The maximum Gasteiger partial charge on any atom is 0.428 e. The van der Waals surface area contributed by atoms with E-state index in [0.717, 1.165) is 0 Å². The van der Waals surface area contributed by atoms with E-state index < -0.39 is 17.0 Å². The molecule has 0 aromatic heterocycles. The summed E-state index contributed by atoms with van der Waals surface area (Å²) in [6.45, 7) is 0. The number of rotatable bonds is 3. The summed E-state index contributed by atoms with van der Waals surface area (Å²) in [6, 6.07) is 11.9. The first-order valence-electron chi connectivity index (χ1n) is 6.10. The van der Waals surface area contributed by atoms with Crippen LogP contribution in [0.3, 0.4) is 0 Å². The van der Waals surface area contributed by atoms with Crippen LogP contribution in [0.2, 0.25) is 0 Å². The van der Waals surface area contributed by atoms with Crippen molar-refractivity contribution in [3.63, 3.8) is 0 Å². The van der Waals surface area contributed by atoms with E-state index in [1.54, 1.807) is 18.2 Å². The molecule has 0 fully saturated rings. The number of nitrogens with zero attached hydrogens (tertiary/aromatic N) is 2. The van der Waals surface area contributed by atoms with Gasteiger partial charge in [-0.2, -0.15) is 4.90 Å². The second-order valence-corrected chi connectivity index (χ2v) is 4.13. The van der Waals surface area contributed by atoms with Crippen molar-refractivity contribution in [3.8, 4) is 5.75 Å². The highest BCUT2D eigenvalue weighted by Crippen LogP contribution is 2.20. The third kappa shape index (κ3) is 3.37. The molecule has 0 spiro atoms. The number of hydrogen-bond donors (Lipinski definition) is 1. The Morgan fingerprint density at radius 1 is 1.05 bits per heavy atom. The van der Waals surface area contributed by atoms with Gasteiger partial charge in [0.2, 0.25) is 0 Å². The van der Waals surface area contributed by atoms with E-state index in [4.69, 9.17) is 10.5 Å². The molecule has 2 N–H and O–H groups in total. The van der Waals surface area contributed by atoms with E-state index in [1.807, 2.05) is 0 Å². The smallest absolute Gasteiger partial charge is 0.410 e. The highest BCUT2D eigenvalue weighted by Gasteiger charge is 2.23. The van der Waals surface area contributed by atoms with Crippen LogP contribution >= 0.6 is 0 Å². The Labute approximate surface area is 124 Å². The van der Waals surface area contributed by atoms with E-state index in [1.165, 1.54) is 36.4 Å². The molecule has 2 aromatic rings. The number of urea groups is 1. The van der Waals surface area contributed by atoms with Gasteiger partial charge in [0.1, 0.15) is 5.75 Å². The lowest BCUT2D eigenvalue weighted by atomic mass is 10.3. The predicted octanol–water partition coefficient (Wildman–Crippen LogP) is 2.68. The van der Waals surface area contributed by atoms with Crippen LogP contribution in [0, 0.1) is 10.1 Å². The number of para-hydroxylation sites is 1. The SMILES string of the molecule is NC(=O)N(C(=O)Oc1ccc([N+](=O)[O-])cc1)c1ccccc1.